The highest BCUT2D eigenvalue weighted by molar-refractivity contribution is 7.99. The lowest BCUT2D eigenvalue weighted by molar-refractivity contribution is -0.124. The van der Waals surface area contributed by atoms with Crippen LogP contribution in [0.1, 0.15) is 15.9 Å². The first-order valence-corrected chi connectivity index (χ1v) is 8.46. The number of phenols is 1. The van der Waals surface area contributed by atoms with Crippen LogP contribution in [0.4, 0.5) is 0 Å². The molecule has 0 radical (unpaired) electrons. The summed E-state index contributed by atoms with van der Waals surface area (Å²) in [5.74, 6) is -0.526. The topological polar surface area (TPSA) is 75.6 Å². The van der Waals surface area contributed by atoms with Gasteiger partial charge in [0.2, 0.25) is 0 Å². The van der Waals surface area contributed by atoms with Gasteiger partial charge in [-0.2, -0.15) is 0 Å². The van der Waals surface area contributed by atoms with Gasteiger partial charge in [0.25, 0.3) is 5.91 Å². The van der Waals surface area contributed by atoms with Gasteiger partial charge >= 0.3 is 5.97 Å². The van der Waals surface area contributed by atoms with E-state index in [2.05, 4.69) is 5.32 Å². The highest BCUT2D eigenvalue weighted by Crippen LogP contribution is 2.19. The van der Waals surface area contributed by atoms with Crippen LogP contribution in [0.3, 0.4) is 0 Å². The molecule has 0 spiro atoms. The van der Waals surface area contributed by atoms with Gasteiger partial charge < -0.3 is 15.2 Å². The van der Waals surface area contributed by atoms with E-state index in [-0.39, 0.29) is 23.8 Å². The Hall–Kier alpha value is -2.47. The second-order valence-corrected chi connectivity index (χ2v) is 6.28. The smallest absolute Gasteiger partial charge is 0.342 e. The maximum absolute atomic E-state index is 11.9. The quantitative estimate of drug-likeness (QED) is 0.458. The van der Waals surface area contributed by atoms with Gasteiger partial charge in [0.15, 0.2) is 6.61 Å². The molecule has 24 heavy (non-hydrogen) atoms. The molecular formula is C18H19NO4S. The van der Waals surface area contributed by atoms with E-state index >= 15 is 0 Å². The molecule has 0 aromatic heterocycles. The van der Waals surface area contributed by atoms with Gasteiger partial charge in [-0.25, -0.2) is 4.79 Å². The molecule has 0 fully saturated rings. The van der Waals surface area contributed by atoms with E-state index in [4.69, 9.17) is 4.74 Å². The van der Waals surface area contributed by atoms with E-state index in [1.54, 1.807) is 24.8 Å². The lowest BCUT2D eigenvalue weighted by Crippen LogP contribution is -2.30. The molecule has 1 amide bonds. The van der Waals surface area contributed by atoms with Crippen LogP contribution in [0.25, 0.3) is 0 Å². The maximum atomic E-state index is 11.9. The van der Waals surface area contributed by atoms with Crippen molar-refractivity contribution in [2.75, 3.05) is 18.9 Å². The molecule has 0 heterocycles. The van der Waals surface area contributed by atoms with Gasteiger partial charge in [0.05, 0.1) is 0 Å². The number of phenolic OH excluding ortho intramolecular Hbond substituents is 1. The number of aryl methyl sites for hydroxylation is 1. The minimum Gasteiger partial charge on any atom is -0.507 e. The molecule has 0 bridgehead atoms. The molecule has 2 aromatic carbocycles. The van der Waals surface area contributed by atoms with Gasteiger partial charge in [-0.1, -0.05) is 29.8 Å². The van der Waals surface area contributed by atoms with E-state index in [0.717, 1.165) is 16.2 Å². The fourth-order valence-electron chi connectivity index (χ4n) is 1.95. The molecule has 5 nitrogen and oxygen atoms in total. The SMILES string of the molecule is Cc1ccc(O)c(C(=O)OCC(=O)NCCSc2ccccc2)c1. The first-order chi connectivity index (χ1) is 11.6. The highest BCUT2D eigenvalue weighted by atomic mass is 32.2. The van der Waals surface area contributed by atoms with Crippen molar-refractivity contribution in [1.82, 2.24) is 5.32 Å². The largest absolute Gasteiger partial charge is 0.507 e. The number of hydrogen-bond donors (Lipinski definition) is 2. The van der Waals surface area contributed by atoms with E-state index in [9.17, 15) is 14.7 Å². The third kappa shape index (κ3) is 5.62. The first kappa shape index (κ1) is 17.9. The fourth-order valence-corrected chi connectivity index (χ4v) is 2.74. The molecule has 0 aliphatic heterocycles. The first-order valence-electron chi connectivity index (χ1n) is 7.47. The van der Waals surface area contributed by atoms with Gasteiger partial charge in [0.1, 0.15) is 11.3 Å². The number of aromatic hydroxyl groups is 1. The zero-order chi connectivity index (χ0) is 17.4. The van der Waals surface area contributed by atoms with Crippen molar-refractivity contribution in [3.8, 4) is 5.75 Å². The zero-order valence-electron chi connectivity index (χ0n) is 13.3. The molecule has 0 aliphatic rings. The molecule has 126 valence electrons. The Balaban J connectivity index is 1.69. The van der Waals surface area contributed by atoms with Gasteiger partial charge in [-0.05, 0) is 31.2 Å². The lowest BCUT2D eigenvalue weighted by atomic mass is 10.1. The summed E-state index contributed by atoms with van der Waals surface area (Å²) in [6.45, 7) is 1.90. The minimum atomic E-state index is -0.718. The molecule has 0 aliphatic carbocycles. The number of ether oxygens (including phenoxy) is 1. The lowest BCUT2D eigenvalue weighted by Gasteiger charge is -2.08. The summed E-state index contributed by atoms with van der Waals surface area (Å²) in [4.78, 5) is 24.7. The molecule has 6 heteroatoms. The van der Waals surface area contributed by atoms with Crippen molar-refractivity contribution in [1.29, 1.82) is 0 Å². The van der Waals surface area contributed by atoms with E-state index in [1.165, 1.54) is 12.1 Å². The predicted octanol–water partition coefficient (Wildman–Crippen LogP) is 2.77. The Labute approximate surface area is 145 Å². The molecule has 2 N–H and O–H groups in total. The summed E-state index contributed by atoms with van der Waals surface area (Å²) in [5.41, 5.74) is 0.879. The minimum absolute atomic E-state index is 0.0578. The molecule has 0 saturated heterocycles. The van der Waals surface area contributed by atoms with Crippen molar-refractivity contribution in [2.45, 2.75) is 11.8 Å². The average molecular weight is 345 g/mol. The second kappa shape index (κ2) is 8.98. The highest BCUT2D eigenvalue weighted by Gasteiger charge is 2.14. The van der Waals surface area contributed by atoms with E-state index in [0.29, 0.717) is 6.54 Å². The van der Waals surface area contributed by atoms with Crippen molar-refractivity contribution >= 4 is 23.6 Å². The number of benzene rings is 2. The van der Waals surface area contributed by atoms with Crippen LogP contribution in [0, 0.1) is 6.92 Å². The number of thioether (sulfide) groups is 1. The van der Waals surface area contributed by atoms with Gasteiger partial charge in [-0.3, -0.25) is 4.79 Å². The summed E-state index contributed by atoms with van der Waals surface area (Å²) in [6, 6.07) is 14.5. The zero-order valence-corrected chi connectivity index (χ0v) is 14.1. The van der Waals surface area contributed by atoms with E-state index in [1.807, 2.05) is 30.3 Å². The Morgan fingerprint density at radius 1 is 1.17 bits per heavy atom. The number of nitrogens with one attached hydrogen (secondary N) is 1. The number of esters is 1. The summed E-state index contributed by atoms with van der Waals surface area (Å²) in [6.07, 6.45) is 0. The number of rotatable bonds is 7. The van der Waals surface area contributed by atoms with Crippen LogP contribution in [0.5, 0.6) is 5.75 Å². The molecule has 0 unspecified atom stereocenters. The third-order valence-electron chi connectivity index (χ3n) is 3.14. The van der Waals surface area contributed by atoms with Gasteiger partial charge in [-0.15, -0.1) is 11.8 Å². The fraction of sp³-hybridized carbons (Fsp3) is 0.222. The molecule has 0 atom stereocenters. The predicted molar refractivity (Wildman–Crippen MR) is 93.3 cm³/mol. The number of amides is 1. The molecular weight excluding hydrogens is 326 g/mol. The van der Waals surface area contributed by atoms with Crippen molar-refractivity contribution < 1.29 is 19.4 Å². The Morgan fingerprint density at radius 3 is 2.67 bits per heavy atom. The monoisotopic (exact) mass is 345 g/mol. The van der Waals surface area contributed by atoms with Crippen LogP contribution in [-0.2, 0) is 9.53 Å². The van der Waals surface area contributed by atoms with Crippen molar-refractivity contribution in [2.24, 2.45) is 0 Å². The summed E-state index contributed by atoms with van der Waals surface area (Å²) < 4.78 is 4.92. The van der Waals surface area contributed by atoms with Gasteiger partial charge in [0, 0.05) is 17.2 Å². The summed E-state index contributed by atoms with van der Waals surface area (Å²) in [7, 11) is 0. The standard InChI is InChI=1S/C18H19NO4S/c1-13-7-8-16(20)15(11-13)18(22)23-12-17(21)19-9-10-24-14-5-3-2-4-6-14/h2-8,11,20H,9-10,12H2,1H3,(H,19,21). The van der Waals surface area contributed by atoms with Crippen LogP contribution >= 0.6 is 11.8 Å². The summed E-state index contributed by atoms with van der Waals surface area (Å²) >= 11 is 1.63. The second-order valence-electron chi connectivity index (χ2n) is 5.11. The summed E-state index contributed by atoms with van der Waals surface area (Å²) in [5, 5.41) is 12.3. The molecule has 2 rings (SSSR count). The van der Waals surface area contributed by atoms with Crippen molar-refractivity contribution in [3.05, 3.63) is 59.7 Å². The van der Waals surface area contributed by atoms with Crippen LogP contribution in [0.2, 0.25) is 0 Å². The third-order valence-corrected chi connectivity index (χ3v) is 4.16. The number of carbonyl (C=O) groups is 2. The number of carbonyl (C=O) groups excluding carboxylic acids is 2. The van der Waals surface area contributed by atoms with Crippen molar-refractivity contribution in [3.63, 3.8) is 0 Å². The van der Waals surface area contributed by atoms with E-state index < -0.39 is 5.97 Å². The Bertz CT molecular complexity index is 703. The Kier molecular flexibility index (Phi) is 6.69. The molecule has 0 saturated carbocycles. The van der Waals surface area contributed by atoms with Crippen LogP contribution in [-0.4, -0.2) is 35.9 Å². The normalized spacial score (nSPS) is 10.2. The Morgan fingerprint density at radius 2 is 1.92 bits per heavy atom. The number of hydrogen-bond acceptors (Lipinski definition) is 5. The van der Waals surface area contributed by atoms with Crippen LogP contribution < -0.4 is 5.32 Å². The average Bonchev–Trinajstić information content (AvgIpc) is 2.59. The molecule has 2 aromatic rings. The maximum Gasteiger partial charge on any atom is 0.342 e. The van der Waals surface area contributed by atoms with Crippen LogP contribution in [0.15, 0.2) is 53.4 Å².